The molecule has 0 bridgehead atoms. The third-order valence-corrected chi connectivity index (χ3v) is 2.79. The molecule has 4 nitrogen and oxygen atoms in total. The number of rotatable bonds is 4. The molecule has 2 rings (SSSR count). The van der Waals surface area contributed by atoms with E-state index in [9.17, 15) is 5.11 Å². The molecule has 0 radical (unpaired) electrons. The van der Waals surface area contributed by atoms with Crippen LogP contribution in [0.5, 0.6) is 0 Å². The molecule has 0 unspecified atom stereocenters. The van der Waals surface area contributed by atoms with E-state index in [4.69, 9.17) is 0 Å². The van der Waals surface area contributed by atoms with Gasteiger partial charge in [0.15, 0.2) is 0 Å². The van der Waals surface area contributed by atoms with Crippen LogP contribution in [-0.4, -0.2) is 26.7 Å². The van der Waals surface area contributed by atoms with E-state index in [1.165, 1.54) is 0 Å². The quantitative estimate of drug-likeness (QED) is 0.910. The first-order chi connectivity index (χ1) is 8.96. The molecule has 110 valence electrons. The van der Waals surface area contributed by atoms with Crippen LogP contribution >= 0.6 is 13.5 Å². The number of hydrogen-bond donors (Lipinski definition) is 2. The molecule has 0 aliphatic heterocycles. The molecular weight excluding hydrogens is 270 g/mol. The van der Waals surface area contributed by atoms with Gasteiger partial charge in [-0.15, -0.1) is 0 Å². The van der Waals surface area contributed by atoms with Crippen LogP contribution in [0, 0.1) is 0 Å². The Bertz CT molecular complexity index is 520. The zero-order valence-corrected chi connectivity index (χ0v) is 13.2. The highest BCUT2D eigenvalue weighted by Gasteiger charge is 2.14. The number of pyridine rings is 1. The molecule has 0 aliphatic carbocycles. The highest BCUT2D eigenvalue weighted by atomic mass is 32.1. The molecule has 0 fully saturated rings. The Labute approximate surface area is 127 Å². The molecule has 20 heavy (non-hydrogen) atoms. The molecular formula is C15H23N3OS. The minimum Gasteiger partial charge on any atom is -0.385 e. The van der Waals surface area contributed by atoms with Crippen LogP contribution in [-0.2, 0) is 0 Å². The average molecular weight is 293 g/mol. The molecule has 0 amide bonds. The summed E-state index contributed by atoms with van der Waals surface area (Å²) in [5, 5.41) is 13.4. The summed E-state index contributed by atoms with van der Waals surface area (Å²) in [6.45, 7) is 6.71. The second-order valence-corrected chi connectivity index (χ2v) is 5.66. The van der Waals surface area contributed by atoms with Crippen molar-refractivity contribution in [2.75, 3.05) is 6.54 Å². The molecule has 2 aromatic heterocycles. The lowest BCUT2D eigenvalue weighted by Gasteiger charge is -2.22. The van der Waals surface area contributed by atoms with Gasteiger partial charge >= 0.3 is 0 Å². The second-order valence-electron chi connectivity index (χ2n) is 5.66. The van der Waals surface area contributed by atoms with Crippen LogP contribution in [0.4, 0.5) is 0 Å². The van der Waals surface area contributed by atoms with Gasteiger partial charge in [0.1, 0.15) is 11.9 Å². The fourth-order valence-electron chi connectivity index (χ4n) is 1.76. The Balaban J connectivity index is 0.00000200. The first kappa shape index (κ1) is 16.8. The van der Waals surface area contributed by atoms with E-state index in [2.05, 4.69) is 31.1 Å². The Hall–Kier alpha value is -1.30. The van der Waals surface area contributed by atoms with Gasteiger partial charge in [-0.25, -0.2) is 4.98 Å². The predicted molar refractivity (Wildman–Crippen MR) is 86.7 cm³/mol. The smallest absolute Gasteiger partial charge is 0.136 e. The van der Waals surface area contributed by atoms with Crippen molar-refractivity contribution in [1.29, 1.82) is 0 Å². The Morgan fingerprint density at radius 1 is 1.20 bits per heavy atom. The van der Waals surface area contributed by atoms with E-state index in [1.807, 2.05) is 47.3 Å². The van der Waals surface area contributed by atoms with Gasteiger partial charge in [-0.1, -0.05) is 6.07 Å². The molecule has 0 saturated heterocycles. The van der Waals surface area contributed by atoms with Crippen molar-refractivity contribution in [3.8, 4) is 5.82 Å². The highest BCUT2D eigenvalue weighted by Crippen LogP contribution is 2.13. The number of aliphatic hydroxyl groups is 1. The van der Waals surface area contributed by atoms with Gasteiger partial charge < -0.3 is 15.0 Å². The minimum absolute atomic E-state index is 0. The molecule has 2 heterocycles. The maximum absolute atomic E-state index is 10.2. The van der Waals surface area contributed by atoms with E-state index in [-0.39, 0.29) is 19.0 Å². The normalized spacial score (nSPS) is 12.8. The lowest BCUT2D eigenvalue weighted by Crippen LogP contribution is -2.38. The van der Waals surface area contributed by atoms with Crippen molar-refractivity contribution in [2.45, 2.75) is 32.4 Å². The van der Waals surface area contributed by atoms with E-state index in [0.29, 0.717) is 12.2 Å². The lowest BCUT2D eigenvalue weighted by atomic mass is 10.1. The molecule has 2 aromatic rings. The first-order valence-electron chi connectivity index (χ1n) is 6.49. The van der Waals surface area contributed by atoms with Crippen molar-refractivity contribution in [1.82, 2.24) is 14.9 Å². The summed E-state index contributed by atoms with van der Waals surface area (Å²) in [5.41, 5.74) is 0.668. The average Bonchev–Trinajstić information content (AvgIpc) is 2.89. The lowest BCUT2D eigenvalue weighted by molar-refractivity contribution is 0.159. The zero-order valence-electron chi connectivity index (χ0n) is 12.2. The largest absolute Gasteiger partial charge is 0.385 e. The number of β-amino-alcohol motifs (C(OH)–C–C–N with tert-alkyl or cyclic N) is 1. The van der Waals surface area contributed by atoms with Crippen molar-refractivity contribution in [2.24, 2.45) is 0 Å². The van der Waals surface area contributed by atoms with Crippen molar-refractivity contribution < 1.29 is 5.11 Å². The summed E-state index contributed by atoms with van der Waals surface area (Å²) in [5.74, 6) is 0.817. The van der Waals surface area contributed by atoms with Crippen LogP contribution < -0.4 is 5.32 Å². The van der Waals surface area contributed by atoms with E-state index in [0.717, 1.165) is 5.82 Å². The fourth-order valence-corrected chi connectivity index (χ4v) is 1.76. The summed E-state index contributed by atoms with van der Waals surface area (Å²) in [6, 6.07) is 9.59. The summed E-state index contributed by atoms with van der Waals surface area (Å²) in [7, 11) is 0. The maximum atomic E-state index is 10.2. The summed E-state index contributed by atoms with van der Waals surface area (Å²) in [6.07, 6.45) is 3.27. The van der Waals surface area contributed by atoms with E-state index in [1.54, 1.807) is 0 Å². The van der Waals surface area contributed by atoms with Gasteiger partial charge in [0.2, 0.25) is 0 Å². The summed E-state index contributed by atoms with van der Waals surface area (Å²) >= 11 is 0. The monoisotopic (exact) mass is 293 g/mol. The molecule has 0 saturated carbocycles. The fraction of sp³-hybridized carbons (Fsp3) is 0.400. The van der Waals surface area contributed by atoms with E-state index >= 15 is 0 Å². The Kier molecular flexibility index (Phi) is 5.80. The molecule has 2 N–H and O–H groups in total. The van der Waals surface area contributed by atoms with Crippen molar-refractivity contribution >= 4 is 13.5 Å². The number of aromatic nitrogens is 2. The SMILES string of the molecule is CC(C)(C)NC[C@H](O)c1cccc(-n2cccc2)n1.S. The summed E-state index contributed by atoms with van der Waals surface area (Å²) in [4.78, 5) is 4.49. The van der Waals surface area contributed by atoms with Crippen LogP contribution in [0.2, 0.25) is 0 Å². The van der Waals surface area contributed by atoms with Crippen LogP contribution in [0.15, 0.2) is 42.7 Å². The highest BCUT2D eigenvalue weighted by molar-refractivity contribution is 7.59. The standard InChI is InChI=1S/C15H21N3O.H2S/c1-15(2,3)16-11-13(19)12-7-6-8-14(17-12)18-9-4-5-10-18;/h4-10,13,16,19H,11H2,1-3H3;1H2/t13-;/m0./s1. The molecule has 5 heteroatoms. The Morgan fingerprint density at radius 2 is 1.85 bits per heavy atom. The van der Waals surface area contributed by atoms with Crippen molar-refractivity contribution in [3.05, 3.63) is 48.4 Å². The predicted octanol–water partition coefficient (Wildman–Crippen LogP) is 2.41. The second kappa shape index (κ2) is 6.92. The van der Waals surface area contributed by atoms with Crippen LogP contribution in [0.1, 0.15) is 32.6 Å². The van der Waals surface area contributed by atoms with Gasteiger partial charge in [0.25, 0.3) is 0 Å². The molecule has 0 spiro atoms. The van der Waals surface area contributed by atoms with Crippen LogP contribution in [0.3, 0.4) is 0 Å². The number of hydrogen-bond acceptors (Lipinski definition) is 3. The van der Waals surface area contributed by atoms with Crippen molar-refractivity contribution in [3.63, 3.8) is 0 Å². The van der Waals surface area contributed by atoms with Gasteiger partial charge in [-0.05, 0) is 45.0 Å². The molecule has 0 aromatic carbocycles. The maximum Gasteiger partial charge on any atom is 0.136 e. The van der Waals surface area contributed by atoms with Gasteiger partial charge in [-0.3, -0.25) is 0 Å². The van der Waals surface area contributed by atoms with Gasteiger partial charge in [0, 0.05) is 24.5 Å². The summed E-state index contributed by atoms with van der Waals surface area (Å²) < 4.78 is 1.92. The molecule has 1 atom stereocenters. The third kappa shape index (κ3) is 4.67. The zero-order chi connectivity index (χ0) is 13.9. The topological polar surface area (TPSA) is 50.1 Å². The van der Waals surface area contributed by atoms with Gasteiger partial charge in [-0.2, -0.15) is 13.5 Å². The number of nitrogens with one attached hydrogen (secondary N) is 1. The van der Waals surface area contributed by atoms with Gasteiger partial charge in [0.05, 0.1) is 5.69 Å². The van der Waals surface area contributed by atoms with E-state index < -0.39 is 6.10 Å². The van der Waals surface area contributed by atoms with Crippen LogP contribution in [0.25, 0.3) is 5.82 Å². The molecule has 0 aliphatic rings. The third-order valence-electron chi connectivity index (χ3n) is 2.79. The number of nitrogens with zero attached hydrogens (tertiary/aromatic N) is 2. The minimum atomic E-state index is -0.602. The Morgan fingerprint density at radius 3 is 2.45 bits per heavy atom. The number of aliphatic hydroxyl groups excluding tert-OH is 1. The first-order valence-corrected chi connectivity index (χ1v) is 6.49.